The van der Waals surface area contributed by atoms with Crippen molar-refractivity contribution in [1.82, 2.24) is 10.6 Å². The van der Waals surface area contributed by atoms with Crippen LogP contribution in [0.2, 0.25) is 0 Å². The van der Waals surface area contributed by atoms with Crippen LogP contribution >= 0.6 is 11.8 Å². The lowest BCUT2D eigenvalue weighted by molar-refractivity contribution is 0.245. The van der Waals surface area contributed by atoms with Crippen LogP contribution in [0.25, 0.3) is 0 Å². The fourth-order valence-corrected chi connectivity index (χ4v) is 2.77. The van der Waals surface area contributed by atoms with Crippen LogP contribution < -0.4 is 22.1 Å². The van der Waals surface area contributed by atoms with Gasteiger partial charge in [-0.25, -0.2) is 4.79 Å². The van der Waals surface area contributed by atoms with Crippen LogP contribution in [0.3, 0.4) is 0 Å². The smallest absolute Gasteiger partial charge is 0.316 e. The lowest BCUT2D eigenvalue weighted by atomic mass is 10.0. The third-order valence-electron chi connectivity index (χ3n) is 2.13. The number of carbonyl (C=O) groups is 1. The van der Waals surface area contributed by atoms with Crippen molar-refractivity contribution in [3.63, 3.8) is 0 Å². The summed E-state index contributed by atoms with van der Waals surface area (Å²) in [5.41, 5.74) is 10.2. The molecule has 2 atom stereocenters. The molecule has 2 aliphatic rings. The highest BCUT2D eigenvalue weighted by molar-refractivity contribution is 7.99. The van der Waals surface area contributed by atoms with Crippen LogP contribution in [-0.2, 0) is 0 Å². The molecule has 0 bridgehead atoms. The van der Waals surface area contributed by atoms with E-state index in [1.54, 1.807) is 11.8 Å². The molecular weight excluding hydrogens is 164 g/mol. The highest BCUT2D eigenvalue weighted by atomic mass is 32.2. The van der Waals surface area contributed by atoms with Gasteiger partial charge in [0.2, 0.25) is 0 Å². The third kappa shape index (κ3) is 0.770. The molecule has 6 heteroatoms. The minimum absolute atomic E-state index is 0.268. The number of nitrogens with two attached hydrogens (primary N) is 2. The number of thioether (sulfide) groups is 1. The number of rotatable bonds is 0. The van der Waals surface area contributed by atoms with Gasteiger partial charge in [-0.05, 0) is 0 Å². The molecule has 0 aliphatic carbocycles. The summed E-state index contributed by atoms with van der Waals surface area (Å²) in [5.74, 6) is 1.34. The topological polar surface area (TPSA) is 93.2 Å². The zero-order chi connectivity index (χ0) is 8.11. The average molecular weight is 174 g/mol. The lowest BCUT2D eigenvalue weighted by Crippen LogP contribution is -2.70. The molecule has 2 heterocycles. The zero-order valence-electron chi connectivity index (χ0n) is 5.89. The molecule has 2 aliphatic heterocycles. The van der Waals surface area contributed by atoms with E-state index < -0.39 is 11.3 Å². The van der Waals surface area contributed by atoms with E-state index in [0.717, 1.165) is 0 Å². The van der Waals surface area contributed by atoms with Crippen molar-refractivity contribution in [2.75, 3.05) is 11.5 Å². The minimum atomic E-state index is -0.755. The molecule has 0 saturated carbocycles. The van der Waals surface area contributed by atoms with E-state index >= 15 is 0 Å². The number of fused-ring (bicyclic) bond motifs is 1. The van der Waals surface area contributed by atoms with Gasteiger partial charge in [-0.3, -0.25) is 0 Å². The summed E-state index contributed by atoms with van der Waals surface area (Å²) in [6.45, 7) is 0. The molecule has 62 valence electrons. The monoisotopic (exact) mass is 174 g/mol. The first-order chi connectivity index (χ1) is 5.06. The highest BCUT2D eigenvalue weighted by Crippen LogP contribution is 2.32. The van der Waals surface area contributed by atoms with Crippen molar-refractivity contribution >= 4 is 17.8 Å². The molecule has 0 aromatic heterocycles. The molecule has 2 amide bonds. The van der Waals surface area contributed by atoms with Gasteiger partial charge in [0.05, 0.1) is 0 Å². The van der Waals surface area contributed by atoms with Crippen molar-refractivity contribution in [2.24, 2.45) is 11.5 Å². The van der Waals surface area contributed by atoms with E-state index in [1.807, 2.05) is 0 Å². The standard InChI is InChI=1S/C5H10N4OS/c6-4-1-11-2-5(4,7)9-3(10)8-4/h1-2,6-7H2,(H2,8,9,10)/t4-,5+. The van der Waals surface area contributed by atoms with Gasteiger partial charge in [0.25, 0.3) is 0 Å². The van der Waals surface area contributed by atoms with Crippen molar-refractivity contribution < 1.29 is 4.79 Å². The van der Waals surface area contributed by atoms with Gasteiger partial charge in [0.1, 0.15) is 11.3 Å². The zero-order valence-corrected chi connectivity index (χ0v) is 6.70. The Morgan fingerprint density at radius 2 is 1.73 bits per heavy atom. The van der Waals surface area contributed by atoms with E-state index in [4.69, 9.17) is 11.5 Å². The normalized spacial score (nSPS) is 48.4. The second-order valence-corrected chi connectivity index (χ2v) is 4.00. The van der Waals surface area contributed by atoms with Gasteiger partial charge >= 0.3 is 6.03 Å². The van der Waals surface area contributed by atoms with E-state index in [-0.39, 0.29) is 6.03 Å². The third-order valence-corrected chi connectivity index (χ3v) is 3.45. The quantitative estimate of drug-likeness (QED) is 0.331. The van der Waals surface area contributed by atoms with Crippen LogP contribution in [0.15, 0.2) is 0 Å². The Morgan fingerprint density at radius 3 is 2.18 bits per heavy atom. The summed E-state index contributed by atoms with van der Waals surface area (Å²) in [5, 5.41) is 5.23. The average Bonchev–Trinajstić information content (AvgIpc) is 2.16. The molecule has 6 N–H and O–H groups in total. The molecule has 0 unspecified atom stereocenters. The van der Waals surface area contributed by atoms with E-state index in [1.165, 1.54) is 0 Å². The number of carbonyl (C=O) groups excluding carboxylic acids is 1. The predicted octanol–water partition coefficient (Wildman–Crippen LogP) is -1.64. The molecule has 0 aromatic carbocycles. The molecule has 2 saturated heterocycles. The molecule has 0 radical (unpaired) electrons. The van der Waals surface area contributed by atoms with Gasteiger partial charge in [-0.2, -0.15) is 11.8 Å². The second-order valence-electron chi connectivity index (χ2n) is 3.01. The highest BCUT2D eigenvalue weighted by Gasteiger charge is 2.57. The van der Waals surface area contributed by atoms with Crippen molar-refractivity contribution in [3.8, 4) is 0 Å². The Bertz CT molecular complexity index is 203. The number of hydrogen-bond acceptors (Lipinski definition) is 4. The largest absolute Gasteiger partial charge is 0.317 e. The lowest BCUT2D eigenvalue weighted by Gasteiger charge is -2.30. The van der Waals surface area contributed by atoms with E-state index in [2.05, 4.69) is 10.6 Å². The fraction of sp³-hybridized carbons (Fsp3) is 0.800. The number of urea groups is 1. The summed E-state index contributed by atoms with van der Waals surface area (Å²) < 4.78 is 0. The van der Waals surface area contributed by atoms with Gasteiger partial charge < -0.3 is 22.1 Å². The first kappa shape index (κ1) is 7.20. The van der Waals surface area contributed by atoms with Crippen LogP contribution in [0.5, 0.6) is 0 Å². The molecule has 0 spiro atoms. The summed E-state index contributed by atoms with van der Waals surface area (Å²) in [6, 6.07) is -0.268. The van der Waals surface area contributed by atoms with Crippen molar-refractivity contribution in [1.29, 1.82) is 0 Å². The first-order valence-electron chi connectivity index (χ1n) is 3.32. The number of amides is 2. The Morgan fingerprint density at radius 1 is 1.27 bits per heavy atom. The maximum Gasteiger partial charge on any atom is 0.317 e. The van der Waals surface area contributed by atoms with Gasteiger partial charge in [-0.15, -0.1) is 0 Å². The first-order valence-corrected chi connectivity index (χ1v) is 4.47. The summed E-state index contributed by atoms with van der Waals surface area (Å²) in [4.78, 5) is 10.9. The summed E-state index contributed by atoms with van der Waals surface area (Å²) >= 11 is 1.64. The van der Waals surface area contributed by atoms with Crippen LogP contribution in [0.1, 0.15) is 0 Å². The Kier molecular flexibility index (Phi) is 1.19. The Hall–Kier alpha value is -0.460. The van der Waals surface area contributed by atoms with Gasteiger partial charge in [-0.1, -0.05) is 0 Å². The van der Waals surface area contributed by atoms with Crippen LogP contribution in [0, 0.1) is 0 Å². The molecule has 5 nitrogen and oxygen atoms in total. The van der Waals surface area contributed by atoms with Gasteiger partial charge in [0.15, 0.2) is 0 Å². The molecule has 11 heavy (non-hydrogen) atoms. The van der Waals surface area contributed by atoms with Crippen molar-refractivity contribution in [3.05, 3.63) is 0 Å². The fourth-order valence-electron chi connectivity index (χ4n) is 1.36. The maximum absolute atomic E-state index is 10.9. The Labute approximate surface area is 68.3 Å². The number of hydrogen-bond donors (Lipinski definition) is 4. The van der Waals surface area contributed by atoms with Crippen LogP contribution in [-0.4, -0.2) is 28.9 Å². The Balaban J connectivity index is 2.35. The second kappa shape index (κ2) is 1.82. The van der Waals surface area contributed by atoms with Crippen molar-refractivity contribution in [2.45, 2.75) is 11.3 Å². The molecule has 0 aromatic rings. The number of nitrogens with one attached hydrogen (secondary N) is 2. The SMILES string of the molecule is N[C@@]12CSC[C@]1(N)NC(=O)N2. The summed E-state index contributed by atoms with van der Waals surface area (Å²) in [7, 11) is 0. The maximum atomic E-state index is 10.9. The van der Waals surface area contributed by atoms with E-state index in [9.17, 15) is 4.79 Å². The molecule has 2 fully saturated rings. The summed E-state index contributed by atoms with van der Waals surface area (Å²) in [6.07, 6.45) is 0. The van der Waals surface area contributed by atoms with E-state index in [0.29, 0.717) is 11.5 Å². The molecule has 2 rings (SSSR count). The van der Waals surface area contributed by atoms with Gasteiger partial charge in [0, 0.05) is 11.5 Å². The minimum Gasteiger partial charge on any atom is -0.316 e. The predicted molar refractivity (Wildman–Crippen MR) is 42.8 cm³/mol. The van der Waals surface area contributed by atoms with Crippen LogP contribution in [0.4, 0.5) is 4.79 Å². The molecular formula is C5H10N4OS.